The number of thioether (sulfide) groups is 1. The quantitative estimate of drug-likeness (QED) is 0.223. The molecule has 0 aliphatic heterocycles. The Morgan fingerprint density at radius 1 is 1.08 bits per heavy atom. The number of fused-ring (bicyclic) bond motifs is 1. The predicted molar refractivity (Wildman–Crippen MR) is 152 cm³/mol. The zero-order valence-corrected chi connectivity index (χ0v) is 22.8. The molecule has 1 atom stereocenters. The number of carbonyl (C=O) groups excluding carboxylic acids is 1. The molecular formula is C27H26N6O4S2. The van der Waals surface area contributed by atoms with Gasteiger partial charge >= 0.3 is 0 Å². The molecule has 0 saturated carbocycles. The van der Waals surface area contributed by atoms with Crippen molar-refractivity contribution >= 4 is 44.3 Å². The number of aromatic nitrogens is 4. The van der Waals surface area contributed by atoms with E-state index in [0.717, 1.165) is 27.9 Å². The number of nitrogens with zero attached hydrogens (tertiary/aromatic N) is 3. The molecule has 1 amide bonds. The molecule has 10 nitrogen and oxygen atoms in total. The number of ether oxygens (including phenoxy) is 1. The van der Waals surface area contributed by atoms with E-state index >= 15 is 0 Å². The van der Waals surface area contributed by atoms with Crippen LogP contribution in [0.2, 0.25) is 0 Å². The summed E-state index contributed by atoms with van der Waals surface area (Å²) < 4.78 is 30.5. The normalized spacial score (nSPS) is 12.4. The van der Waals surface area contributed by atoms with Crippen molar-refractivity contribution in [1.82, 2.24) is 19.7 Å². The summed E-state index contributed by atoms with van der Waals surface area (Å²) in [6.07, 6.45) is 1.90. The number of hydrogen-bond acceptors (Lipinski definition) is 7. The van der Waals surface area contributed by atoms with Crippen molar-refractivity contribution in [2.45, 2.75) is 29.1 Å². The summed E-state index contributed by atoms with van der Waals surface area (Å²) in [7, 11) is -3.82. The first kappa shape index (κ1) is 26.5. The van der Waals surface area contributed by atoms with Crippen molar-refractivity contribution in [3.8, 4) is 22.8 Å². The van der Waals surface area contributed by atoms with Gasteiger partial charge in [0, 0.05) is 34.0 Å². The average molecular weight is 563 g/mol. The lowest BCUT2D eigenvalue weighted by Gasteiger charge is -2.14. The topological polar surface area (TPSA) is 145 Å². The van der Waals surface area contributed by atoms with Gasteiger partial charge in [-0.25, -0.2) is 13.6 Å². The highest BCUT2D eigenvalue weighted by Gasteiger charge is 2.23. The highest BCUT2D eigenvalue weighted by atomic mass is 32.2. The Hall–Kier alpha value is -4.13. The molecule has 39 heavy (non-hydrogen) atoms. The maximum atomic E-state index is 13.0. The molecule has 0 fully saturated rings. The van der Waals surface area contributed by atoms with Crippen LogP contribution >= 0.6 is 11.8 Å². The molecule has 2 aromatic heterocycles. The molecule has 0 aliphatic carbocycles. The lowest BCUT2D eigenvalue weighted by molar-refractivity contribution is -0.115. The summed E-state index contributed by atoms with van der Waals surface area (Å²) in [5.74, 6) is 1.10. The molecule has 4 N–H and O–H groups in total. The minimum Gasteiger partial charge on any atom is -0.494 e. The maximum absolute atomic E-state index is 13.0. The second-order valence-corrected chi connectivity index (χ2v) is 11.5. The fourth-order valence-electron chi connectivity index (χ4n) is 4.05. The first-order valence-corrected chi connectivity index (χ1v) is 14.5. The summed E-state index contributed by atoms with van der Waals surface area (Å²) in [5, 5.41) is 17.9. The number of primary sulfonamides is 1. The van der Waals surface area contributed by atoms with Gasteiger partial charge in [0.1, 0.15) is 5.75 Å². The summed E-state index contributed by atoms with van der Waals surface area (Å²) in [6.45, 7) is 4.25. The number of rotatable bonds is 9. The second-order valence-electron chi connectivity index (χ2n) is 8.64. The molecule has 0 unspecified atom stereocenters. The number of para-hydroxylation sites is 1. The molecule has 0 bridgehead atoms. The summed E-state index contributed by atoms with van der Waals surface area (Å²) in [5.41, 5.74) is 3.12. The number of amides is 1. The van der Waals surface area contributed by atoms with E-state index in [2.05, 4.69) is 20.5 Å². The van der Waals surface area contributed by atoms with E-state index in [4.69, 9.17) is 9.88 Å². The van der Waals surface area contributed by atoms with Crippen LogP contribution < -0.4 is 15.2 Å². The van der Waals surface area contributed by atoms with Gasteiger partial charge < -0.3 is 15.0 Å². The largest absolute Gasteiger partial charge is 0.494 e. The number of anilines is 1. The maximum Gasteiger partial charge on any atom is 0.238 e. The first-order chi connectivity index (χ1) is 18.7. The van der Waals surface area contributed by atoms with E-state index in [9.17, 15) is 13.2 Å². The van der Waals surface area contributed by atoms with Crippen LogP contribution in [0, 0.1) is 0 Å². The Morgan fingerprint density at radius 2 is 1.79 bits per heavy atom. The second kappa shape index (κ2) is 10.9. The van der Waals surface area contributed by atoms with Gasteiger partial charge in [-0.3, -0.25) is 9.36 Å². The Kier molecular flexibility index (Phi) is 7.42. The van der Waals surface area contributed by atoms with Gasteiger partial charge in [-0.1, -0.05) is 30.0 Å². The van der Waals surface area contributed by atoms with Crippen molar-refractivity contribution in [3.63, 3.8) is 0 Å². The minimum atomic E-state index is -3.82. The zero-order valence-electron chi connectivity index (χ0n) is 21.2. The number of aromatic amines is 1. The van der Waals surface area contributed by atoms with Crippen LogP contribution in [-0.2, 0) is 14.8 Å². The Morgan fingerprint density at radius 3 is 2.49 bits per heavy atom. The van der Waals surface area contributed by atoms with E-state index in [1.807, 2.05) is 66.2 Å². The van der Waals surface area contributed by atoms with Gasteiger partial charge in [-0.15, -0.1) is 10.2 Å². The standard InChI is InChI=1S/C27H26N6O4S2/c1-3-37-20-12-10-19(11-13-20)33-25(23-16-29-24-7-5-4-6-22(23)24)31-32-27(33)38-17(2)26(34)30-18-8-14-21(15-9-18)39(28,35)36/h4-17,29H,3H2,1-2H3,(H,30,34)(H2,28,35,36)/t17-/m1/s1. The zero-order chi connectivity index (χ0) is 27.6. The minimum absolute atomic E-state index is 0.0313. The van der Waals surface area contributed by atoms with Crippen molar-refractivity contribution < 1.29 is 17.9 Å². The lowest BCUT2D eigenvalue weighted by atomic mass is 10.1. The van der Waals surface area contributed by atoms with Crippen LogP contribution in [0.4, 0.5) is 5.69 Å². The smallest absolute Gasteiger partial charge is 0.238 e. The average Bonchev–Trinajstić information content (AvgIpc) is 3.53. The molecule has 0 radical (unpaired) electrons. The van der Waals surface area contributed by atoms with Crippen molar-refractivity contribution in [2.75, 3.05) is 11.9 Å². The molecule has 0 spiro atoms. The monoisotopic (exact) mass is 562 g/mol. The molecule has 5 rings (SSSR count). The van der Waals surface area contributed by atoms with E-state index in [0.29, 0.717) is 23.3 Å². The van der Waals surface area contributed by atoms with Gasteiger partial charge in [0.2, 0.25) is 15.9 Å². The number of carbonyl (C=O) groups is 1. The van der Waals surface area contributed by atoms with Crippen LogP contribution in [0.25, 0.3) is 28.0 Å². The van der Waals surface area contributed by atoms with Crippen LogP contribution in [0.5, 0.6) is 5.75 Å². The van der Waals surface area contributed by atoms with Gasteiger partial charge in [0.25, 0.3) is 0 Å². The first-order valence-electron chi connectivity index (χ1n) is 12.1. The lowest BCUT2D eigenvalue weighted by Crippen LogP contribution is -2.23. The molecule has 3 aromatic carbocycles. The third kappa shape index (κ3) is 5.67. The highest BCUT2D eigenvalue weighted by Crippen LogP contribution is 2.34. The molecule has 12 heteroatoms. The summed E-state index contributed by atoms with van der Waals surface area (Å²) in [6, 6.07) is 21.2. The number of H-pyrrole nitrogens is 1. The highest BCUT2D eigenvalue weighted by molar-refractivity contribution is 8.00. The molecule has 2 heterocycles. The van der Waals surface area contributed by atoms with Gasteiger partial charge in [-0.2, -0.15) is 0 Å². The summed E-state index contributed by atoms with van der Waals surface area (Å²) >= 11 is 1.26. The SMILES string of the molecule is CCOc1ccc(-n2c(S[C@H](C)C(=O)Nc3ccc(S(N)(=O)=O)cc3)nnc2-c2c[nH]c3ccccc23)cc1. The molecule has 0 saturated heterocycles. The number of hydrogen-bond donors (Lipinski definition) is 3. The number of nitrogens with one attached hydrogen (secondary N) is 2. The van der Waals surface area contributed by atoms with Crippen LogP contribution in [0.15, 0.2) is 89.0 Å². The Bertz CT molecular complexity index is 1730. The number of nitrogens with two attached hydrogens (primary N) is 1. The third-order valence-corrected chi connectivity index (χ3v) is 7.94. The van der Waals surface area contributed by atoms with E-state index in [1.54, 1.807) is 6.92 Å². The van der Waals surface area contributed by atoms with Crippen LogP contribution in [-0.4, -0.2) is 45.9 Å². The van der Waals surface area contributed by atoms with Crippen molar-refractivity contribution in [1.29, 1.82) is 0 Å². The van der Waals surface area contributed by atoms with Crippen molar-refractivity contribution in [3.05, 3.63) is 79.0 Å². The van der Waals surface area contributed by atoms with Gasteiger partial charge in [-0.05, 0) is 68.4 Å². The van der Waals surface area contributed by atoms with Gasteiger partial charge in [0.15, 0.2) is 11.0 Å². The molecule has 0 aliphatic rings. The van der Waals surface area contributed by atoms with Crippen LogP contribution in [0.3, 0.4) is 0 Å². The Labute approximate surface area is 229 Å². The number of sulfonamides is 1. The number of benzene rings is 3. The van der Waals surface area contributed by atoms with Gasteiger partial charge in [0.05, 0.1) is 16.8 Å². The molecule has 200 valence electrons. The predicted octanol–water partition coefficient (Wildman–Crippen LogP) is 4.58. The van der Waals surface area contributed by atoms with E-state index < -0.39 is 15.3 Å². The Balaban J connectivity index is 1.45. The fourth-order valence-corrected chi connectivity index (χ4v) is 5.43. The van der Waals surface area contributed by atoms with E-state index in [1.165, 1.54) is 36.0 Å². The summed E-state index contributed by atoms with van der Waals surface area (Å²) in [4.78, 5) is 16.3. The third-order valence-electron chi connectivity index (χ3n) is 5.97. The fraction of sp³-hybridized carbons (Fsp3) is 0.148. The van der Waals surface area contributed by atoms with Crippen molar-refractivity contribution in [2.24, 2.45) is 5.14 Å². The molecule has 5 aromatic rings. The van der Waals surface area contributed by atoms with Crippen LogP contribution in [0.1, 0.15) is 13.8 Å². The van der Waals surface area contributed by atoms with E-state index in [-0.39, 0.29) is 10.8 Å². The molecular weight excluding hydrogens is 536 g/mol.